The van der Waals surface area contributed by atoms with Crippen molar-refractivity contribution in [2.75, 3.05) is 11.1 Å². The Bertz CT molecular complexity index is 511. The van der Waals surface area contributed by atoms with Crippen molar-refractivity contribution in [1.29, 1.82) is 0 Å². The van der Waals surface area contributed by atoms with E-state index in [0.717, 1.165) is 11.3 Å². The minimum absolute atomic E-state index is 0.678. The fourth-order valence-electron chi connectivity index (χ4n) is 1.38. The molecule has 0 aliphatic rings. The molecule has 1 aromatic heterocycles. The Morgan fingerprint density at radius 3 is 2.81 bits per heavy atom. The van der Waals surface area contributed by atoms with Gasteiger partial charge in [-0.2, -0.15) is 0 Å². The van der Waals surface area contributed by atoms with Crippen LogP contribution in [0.5, 0.6) is 0 Å². The summed E-state index contributed by atoms with van der Waals surface area (Å²) in [7, 11) is 0. The van der Waals surface area contributed by atoms with Gasteiger partial charge in [-0.1, -0.05) is 17.7 Å². The van der Waals surface area contributed by atoms with E-state index in [9.17, 15) is 0 Å². The van der Waals surface area contributed by atoms with Crippen molar-refractivity contribution >= 4 is 28.8 Å². The molecule has 1 aromatic carbocycles. The molecule has 0 aliphatic heterocycles. The maximum Gasteiger partial charge on any atom is 0.132 e. The fourth-order valence-corrected chi connectivity index (χ4v) is 1.55. The second-order valence-electron chi connectivity index (χ2n) is 3.56. The number of rotatable bonds is 2. The number of nitrogen functional groups attached to an aromatic ring is 1. The molecule has 0 saturated carbocycles. The number of anilines is 3. The van der Waals surface area contributed by atoms with Gasteiger partial charge in [0.25, 0.3) is 0 Å². The first-order valence-electron chi connectivity index (χ1n) is 4.90. The Balaban J connectivity index is 2.30. The quantitative estimate of drug-likeness (QED) is 0.836. The van der Waals surface area contributed by atoms with Crippen molar-refractivity contribution in [2.45, 2.75) is 6.92 Å². The number of hydrogen-bond donors (Lipinski definition) is 2. The third-order valence-corrected chi connectivity index (χ3v) is 2.48. The lowest BCUT2D eigenvalue weighted by molar-refractivity contribution is 1.30. The van der Waals surface area contributed by atoms with Gasteiger partial charge in [0.15, 0.2) is 0 Å². The average molecular weight is 234 g/mol. The Kier molecular flexibility index (Phi) is 2.97. The summed E-state index contributed by atoms with van der Waals surface area (Å²) in [6.45, 7) is 2.00. The highest BCUT2D eigenvalue weighted by Crippen LogP contribution is 2.23. The van der Waals surface area contributed by atoms with Gasteiger partial charge in [0.05, 0.1) is 0 Å². The van der Waals surface area contributed by atoms with Crippen molar-refractivity contribution in [3.8, 4) is 0 Å². The van der Waals surface area contributed by atoms with Crippen LogP contribution in [0.15, 0.2) is 36.5 Å². The monoisotopic (exact) mass is 233 g/mol. The van der Waals surface area contributed by atoms with E-state index in [-0.39, 0.29) is 0 Å². The van der Waals surface area contributed by atoms with Gasteiger partial charge in [-0.05, 0) is 30.7 Å². The third-order valence-electron chi connectivity index (χ3n) is 2.25. The topological polar surface area (TPSA) is 50.9 Å². The summed E-state index contributed by atoms with van der Waals surface area (Å²) in [6.07, 6.45) is 1.66. The number of aromatic nitrogens is 1. The van der Waals surface area contributed by atoms with Crippen LogP contribution in [0, 0.1) is 6.92 Å². The van der Waals surface area contributed by atoms with Gasteiger partial charge < -0.3 is 11.1 Å². The van der Waals surface area contributed by atoms with E-state index < -0.39 is 0 Å². The Morgan fingerprint density at radius 2 is 2.06 bits per heavy atom. The molecule has 0 fully saturated rings. The molecule has 0 atom stereocenters. The molecule has 2 aromatic rings. The van der Waals surface area contributed by atoms with Crippen LogP contribution in [0.25, 0.3) is 0 Å². The lowest BCUT2D eigenvalue weighted by atomic mass is 10.2. The summed E-state index contributed by atoms with van der Waals surface area (Å²) < 4.78 is 0. The van der Waals surface area contributed by atoms with E-state index in [1.807, 2.05) is 25.1 Å². The zero-order valence-electron chi connectivity index (χ0n) is 8.87. The lowest BCUT2D eigenvalue weighted by Gasteiger charge is -2.09. The highest BCUT2D eigenvalue weighted by molar-refractivity contribution is 6.30. The molecular weight excluding hydrogens is 222 g/mol. The van der Waals surface area contributed by atoms with Crippen LogP contribution in [0.3, 0.4) is 0 Å². The predicted molar refractivity (Wildman–Crippen MR) is 68.1 cm³/mol. The first-order valence-corrected chi connectivity index (χ1v) is 5.27. The largest absolute Gasteiger partial charge is 0.399 e. The van der Waals surface area contributed by atoms with Gasteiger partial charge in [-0.25, -0.2) is 4.98 Å². The van der Waals surface area contributed by atoms with Crippen LogP contribution >= 0.6 is 11.6 Å². The van der Waals surface area contributed by atoms with Crippen molar-refractivity contribution in [3.05, 3.63) is 47.1 Å². The summed E-state index contributed by atoms with van der Waals surface area (Å²) >= 11 is 5.93. The van der Waals surface area contributed by atoms with Crippen molar-refractivity contribution < 1.29 is 0 Å². The highest BCUT2D eigenvalue weighted by Gasteiger charge is 2.01. The first kappa shape index (κ1) is 10.8. The number of halogens is 1. The summed E-state index contributed by atoms with van der Waals surface area (Å²) in [5.41, 5.74) is 8.39. The van der Waals surface area contributed by atoms with Gasteiger partial charge in [-0.15, -0.1) is 0 Å². The number of nitrogens with zero attached hydrogens (tertiary/aromatic N) is 1. The molecule has 0 saturated heterocycles. The molecule has 3 N–H and O–H groups in total. The minimum atomic E-state index is 0.678. The number of nitrogens with two attached hydrogens (primary N) is 1. The smallest absolute Gasteiger partial charge is 0.132 e. The zero-order chi connectivity index (χ0) is 11.5. The second kappa shape index (κ2) is 4.41. The maximum absolute atomic E-state index is 5.93. The Hall–Kier alpha value is -1.74. The predicted octanol–water partition coefficient (Wildman–Crippen LogP) is 3.37. The normalized spacial score (nSPS) is 10.1. The number of aryl methyl sites for hydroxylation is 1. The van der Waals surface area contributed by atoms with Gasteiger partial charge in [0.2, 0.25) is 0 Å². The van der Waals surface area contributed by atoms with Gasteiger partial charge >= 0.3 is 0 Å². The lowest BCUT2D eigenvalue weighted by Crippen LogP contribution is -1.96. The molecule has 0 spiro atoms. The minimum Gasteiger partial charge on any atom is -0.399 e. The van der Waals surface area contributed by atoms with Crippen LogP contribution in [0.1, 0.15) is 5.56 Å². The number of benzene rings is 1. The molecule has 1 heterocycles. The summed E-state index contributed by atoms with van der Waals surface area (Å²) in [4.78, 5) is 4.17. The molecule has 3 nitrogen and oxygen atoms in total. The number of pyridine rings is 1. The Morgan fingerprint density at radius 1 is 1.25 bits per heavy atom. The van der Waals surface area contributed by atoms with E-state index in [1.54, 1.807) is 18.3 Å². The van der Waals surface area contributed by atoms with Gasteiger partial charge in [-0.3, -0.25) is 0 Å². The van der Waals surface area contributed by atoms with Crippen LogP contribution in [0.4, 0.5) is 17.2 Å². The summed E-state index contributed by atoms with van der Waals surface area (Å²) in [5.74, 6) is 0.713. The van der Waals surface area contributed by atoms with Crippen LogP contribution < -0.4 is 11.1 Å². The molecule has 82 valence electrons. The molecule has 0 amide bonds. The molecule has 0 unspecified atom stereocenters. The van der Waals surface area contributed by atoms with E-state index >= 15 is 0 Å². The van der Waals surface area contributed by atoms with E-state index in [1.165, 1.54) is 0 Å². The molecule has 0 bridgehead atoms. The molecule has 0 radical (unpaired) electrons. The zero-order valence-corrected chi connectivity index (χ0v) is 9.62. The number of nitrogens with one attached hydrogen (secondary N) is 1. The van der Waals surface area contributed by atoms with Crippen molar-refractivity contribution in [1.82, 2.24) is 4.98 Å². The highest BCUT2D eigenvalue weighted by atomic mass is 35.5. The second-order valence-corrected chi connectivity index (χ2v) is 4.00. The van der Waals surface area contributed by atoms with Gasteiger partial charge in [0.1, 0.15) is 5.82 Å². The molecule has 2 rings (SSSR count). The van der Waals surface area contributed by atoms with Crippen LogP contribution in [-0.4, -0.2) is 4.98 Å². The summed E-state index contributed by atoms with van der Waals surface area (Å²) in [5, 5.41) is 3.87. The summed E-state index contributed by atoms with van der Waals surface area (Å²) in [6, 6.07) is 9.20. The van der Waals surface area contributed by atoms with Gasteiger partial charge in [0, 0.05) is 28.7 Å². The van der Waals surface area contributed by atoms with E-state index in [2.05, 4.69) is 10.3 Å². The van der Waals surface area contributed by atoms with E-state index in [0.29, 0.717) is 16.5 Å². The standard InChI is InChI=1S/C12H12ClN3/c1-8-2-3-9(13)6-11(8)16-12-7-10(14)4-5-15-12/h2-7H,1H3,(H3,14,15,16). The fraction of sp³-hybridized carbons (Fsp3) is 0.0833. The maximum atomic E-state index is 5.93. The molecular formula is C12H12ClN3. The molecule has 4 heteroatoms. The van der Waals surface area contributed by atoms with Crippen LogP contribution in [-0.2, 0) is 0 Å². The molecule has 0 aliphatic carbocycles. The molecule has 16 heavy (non-hydrogen) atoms. The van der Waals surface area contributed by atoms with Crippen LogP contribution in [0.2, 0.25) is 5.02 Å². The third kappa shape index (κ3) is 2.44. The average Bonchev–Trinajstić information content (AvgIpc) is 2.24. The number of hydrogen-bond acceptors (Lipinski definition) is 3. The van der Waals surface area contributed by atoms with Crippen molar-refractivity contribution in [3.63, 3.8) is 0 Å². The van der Waals surface area contributed by atoms with Crippen molar-refractivity contribution in [2.24, 2.45) is 0 Å². The van der Waals surface area contributed by atoms with E-state index in [4.69, 9.17) is 17.3 Å². The SMILES string of the molecule is Cc1ccc(Cl)cc1Nc1cc(N)ccn1. The Labute approximate surface area is 99.3 Å². The first-order chi connectivity index (χ1) is 7.65.